The topological polar surface area (TPSA) is 24.1 Å². The number of hydrogen-bond donors (Lipinski definition) is 2. The SMILES string of the molecule is CCCCCCCCCCNC12CCCC(NC(c3ccccc3)c3ccc(F)cc3)(CC1)C2. The van der Waals surface area contributed by atoms with Crippen molar-refractivity contribution in [2.45, 2.75) is 114 Å². The second-order valence-corrected chi connectivity index (χ2v) is 11.0. The van der Waals surface area contributed by atoms with Crippen LogP contribution in [-0.2, 0) is 0 Å². The first-order chi connectivity index (χ1) is 16.6. The van der Waals surface area contributed by atoms with E-state index in [0.29, 0.717) is 5.54 Å². The Hall–Kier alpha value is -1.71. The van der Waals surface area contributed by atoms with Gasteiger partial charge in [0.25, 0.3) is 0 Å². The predicted octanol–water partition coefficient (Wildman–Crippen LogP) is 8.08. The minimum atomic E-state index is -0.170. The first-order valence-electron chi connectivity index (χ1n) is 14.0. The Kier molecular flexibility index (Phi) is 9.19. The molecular weight excluding hydrogens is 419 g/mol. The van der Waals surface area contributed by atoms with Crippen molar-refractivity contribution in [2.75, 3.05) is 6.54 Å². The normalized spacial score (nSPS) is 24.9. The molecule has 2 fully saturated rings. The van der Waals surface area contributed by atoms with Crippen molar-refractivity contribution in [3.63, 3.8) is 0 Å². The van der Waals surface area contributed by atoms with Gasteiger partial charge >= 0.3 is 0 Å². The molecule has 3 unspecified atom stereocenters. The van der Waals surface area contributed by atoms with Crippen LogP contribution in [0, 0.1) is 5.82 Å². The van der Waals surface area contributed by atoms with E-state index in [1.165, 1.54) is 95.5 Å². The number of hydrogen-bond acceptors (Lipinski definition) is 2. The summed E-state index contributed by atoms with van der Waals surface area (Å²) in [5, 5.41) is 8.14. The van der Waals surface area contributed by atoms with Crippen molar-refractivity contribution < 1.29 is 4.39 Å². The van der Waals surface area contributed by atoms with Crippen LogP contribution < -0.4 is 10.6 Å². The van der Waals surface area contributed by atoms with E-state index in [2.05, 4.69) is 47.9 Å². The van der Waals surface area contributed by atoms with Crippen molar-refractivity contribution >= 4 is 0 Å². The largest absolute Gasteiger partial charge is 0.311 e. The van der Waals surface area contributed by atoms with Crippen molar-refractivity contribution in [3.05, 3.63) is 71.5 Å². The summed E-state index contributed by atoms with van der Waals surface area (Å²) in [5.74, 6) is -0.170. The molecule has 186 valence electrons. The minimum Gasteiger partial charge on any atom is -0.311 e. The van der Waals surface area contributed by atoms with Gasteiger partial charge in [-0.15, -0.1) is 0 Å². The highest BCUT2D eigenvalue weighted by Gasteiger charge is 2.51. The maximum absolute atomic E-state index is 13.6. The average molecular weight is 465 g/mol. The highest BCUT2D eigenvalue weighted by molar-refractivity contribution is 5.33. The van der Waals surface area contributed by atoms with Crippen molar-refractivity contribution in [1.82, 2.24) is 10.6 Å². The van der Waals surface area contributed by atoms with Gasteiger partial charge in [0.1, 0.15) is 5.82 Å². The lowest BCUT2D eigenvalue weighted by atomic mass is 9.77. The number of halogens is 1. The number of fused-ring (bicyclic) bond motifs is 2. The van der Waals surface area contributed by atoms with Crippen LogP contribution >= 0.6 is 0 Å². The summed E-state index contributed by atoms with van der Waals surface area (Å²) in [7, 11) is 0. The zero-order valence-corrected chi connectivity index (χ0v) is 21.3. The van der Waals surface area contributed by atoms with Crippen LogP contribution in [0.3, 0.4) is 0 Å². The van der Waals surface area contributed by atoms with Gasteiger partial charge in [0.2, 0.25) is 0 Å². The van der Waals surface area contributed by atoms with Crippen LogP contribution in [0.1, 0.15) is 114 Å². The molecule has 0 spiro atoms. The van der Waals surface area contributed by atoms with Crippen LogP contribution in [0.4, 0.5) is 4.39 Å². The molecule has 2 saturated carbocycles. The second-order valence-electron chi connectivity index (χ2n) is 11.0. The van der Waals surface area contributed by atoms with Gasteiger partial charge in [-0.05, 0) is 74.8 Å². The van der Waals surface area contributed by atoms with Crippen LogP contribution in [-0.4, -0.2) is 17.6 Å². The molecule has 3 atom stereocenters. The zero-order valence-electron chi connectivity index (χ0n) is 21.3. The molecular formula is C31H45FN2. The number of unbranched alkanes of at least 4 members (excludes halogenated alkanes) is 7. The number of nitrogens with one attached hydrogen (secondary N) is 2. The molecule has 3 heteroatoms. The molecule has 0 saturated heterocycles. The lowest BCUT2D eigenvalue weighted by Crippen LogP contribution is -2.53. The van der Waals surface area contributed by atoms with Gasteiger partial charge in [-0.25, -0.2) is 4.39 Å². The molecule has 0 amide bonds. The molecule has 2 aromatic rings. The Balaban J connectivity index is 1.33. The fraction of sp³-hybridized carbons (Fsp3) is 0.613. The average Bonchev–Trinajstić information content (AvgIpc) is 3.12. The van der Waals surface area contributed by atoms with Crippen molar-refractivity contribution in [2.24, 2.45) is 0 Å². The third kappa shape index (κ3) is 6.70. The molecule has 0 aliphatic heterocycles. The highest BCUT2D eigenvalue weighted by Crippen LogP contribution is 2.49. The van der Waals surface area contributed by atoms with E-state index < -0.39 is 0 Å². The summed E-state index contributed by atoms with van der Waals surface area (Å²) in [6, 6.07) is 17.9. The van der Waals surface area contributed by atoms with Crippen LogP contribution in [0.5, 0.6) is 0 Å². The summed E-state index contributed by atoms with van der Waals surface area (Å²) < 4.78 is 13.6. The zero-order chi connectivity index (χ0) is 23.7. The molecule has 2 nitrogen and oxygen atoms in total. The Labute approximate surface area is 207 Å². The summed E-state index contributed by atoms with van der Waals surface area (Å²) in [6.07, 6.45) is 18.5. The number of benzene rings is 2. The van der Waals surface area contributed by atoms with Gasteiger partial charge in [0, 0.05) is 11.1 Å². The minimum absolute atomic E-state index is 0.100. The predicted molar refractivity (Wildman–Crippen MR) is 142 cm³/mol. The first-order valence-corrected chi connectivity index (χ1v) is 14.0. The molecule has 2 bridgehead atoms. The summed E-state index contributed by atoms with van der Waals surface area (Å²) >= 11 is 0. The van der Waals surface area contributed by atoms with E-state index in [0.717, 1.165) is 12.1 Å². The maximum atomic E-state index is 13.6. The Morgan fingerprint density at radius 2 is 1.35 bits per heavy atom. The highest BCUT2D eigenvalue weighted by atomic mass is 19.1. The van der Waals surface area contributed by atoms with Crippen molar-refractivity contribution in [3.8, 4) is 0 Å². The lowest BCUT2D eigenvalue weighted by molar-refractivity contribution is 0.187. The second kappa shape index (κ2) is 12.3. The molecule has 2 aromatic carbocycles. The molecule has 2 aliphatic rings. The fourth-order valence-electron chi connectivity index (χ4n) is 6.51. The lowest BCUT2D eigenvalue weighted by Gasteiger charge is -2.43. The maximum Gasteiger partial charge on any atom is 0.123 e. The Bertz CT molecular complexity index is 851. The van der Waals surface area contributed by atoms with E-state index in [1.807, 2.05) is 12.1 Å². The molecule has 2 aliphatic carbocycles. The first kappa shape index (κ1) is 25.4. The Morgan fingerprint density at radius 3 is 2.09 bits per heavy atom. The van der Waals surface area contributed by atoms with E-state index in [4.69, 9.17) is 0 Å². The van der Waals surface area contributed by atoms with Crippen LogP contribution in [0.15, 0.2) is 54.6 Å². The van der Waals surface area contributed by atoms with Gasteiger partial charge < -0.3 is 10.6 Å². The fourth-order valence-corrected chi connectivity index (χ4v) is 6.51. The molecule has 0 heterocycles. The van der Waals surface area contributed by atoms with Crippen LogP contribution in [0.2, 0.25) is 0 Å². The molecule has 34 heavy (non-hydrogen) atoms. The summed E-state index contributed by atoms with van der Waals surface area (Å²) in [4.78, 5) is 0. The van der Waals surface area contributed by atoms with E-state index in [9.17, 15) is 4.39 Å². The molecule has 2 N–H and O–H groups in total. The van der Waals surface area contributed by atoms with E-state index in [-0.39, 0.29) is 17.4 Å². The quantitative estimate of drug-likeness (QED) is 0.276. The van der Waals surface area contributed by atoms with Gasteiger partial charge in [0.15, 0.2) is 0 Å². The van der Waals surface area contributed by atoms with Crippen molar-refractivity contribution in [1.29, 1.82) is 0 Å². The van der Waals surface area contributed by atoms with E-state index >= 15 is 0 Å². The molecule has 4 rings (SSSR count). The van der Waals surface area contributed by atoms with Crippen LogP contribution in [0.25, 0.3) is 0 Å². The monoisotopic (exact) mass is 464 g/mol. The molecule has 0 radical (unpaired) electrons. The van der Waals surface area contributed by atoms with Gasteiger partial charge in [-0.1, -0.05) is 94.3 Å². The Morgan fingerprint density at radius 1 is 0.735 bits per heavy atom. The van der Waals surface area contributed by atoms with Gasteiger partial charge in [0.05, 0.1) is 6.04 Å². The number of rotatable bonds is 14. The van der Waals surface area contributed by atoms with Gasteiger partial charge in [-0.3, -0.25) is 0 Å². The standard InChI is InChI=1S/C31H45FN2/c1-2-3-4-5-6-7-8-12-24-33-30-20-13-21-31(25-30,23-22-30)34-29(26-14-10-9-11-15-26)27-16-18-28(32)19-17-27/h9-11,14-19,29,33-34H,2-8,12-13,20-25H2,1H3. The smallest absolute Gasteiger partial charge is 0.123 e. The van der Waals surface area contributed by atoms with E-state index in [1.54, 1.807) is 12.1 Å². The summed E-state index contributed by atoms with van der Waals surface area (Å²) in [6.45, 7) is 3.44. The third-order valence-electron chi connectivity index (χ3n) is 8.39. The summed E-state index contributed by atoms with van der Waals surface area (Å²) in [5.41, 5.74) is 2.88. The van der Waals surface area contributed by atoms with Gasteiger partial charge in [-0.2, -0.15) is 0 Å². The molecule has 0 aromatic heterocycles. The third-order valence-corrected chi connectivity index (χ3v) is 8.39.